The summed E-state index contributed by atoms with van der Waals surface area (Å²) < 4.78 is 1.39. The van der Waals surface area contributed by atoms with Gasteiger partial charge in [-0.1, -0.05) is 0 Å². The first-order chi connectivity index (χ1) is 7.18. The van der Waals surface area contributed by atoms with Gasteiger partial charge in [-0.3, -0.25) is 0 Å². The number of rotatable bonds is 2. The van der Waals surface area contributed by atoms with Crippen molar-refractivity contribution >= 4 is 11.8 Å². The Bertz CT molecular complexity index is 494. The van der Waals surface area contributed by atoms with Crippen LogP contribution in [0.25, 0.3) is 5.95 Å². The molecular formula is C8H7N5O2. The quantitative estimate of drug-likeness (QED) is 0.711. The molecule has 3 N–H and O–H groups in total. The van der Waals surface area contributed by atoms with Crippen LogP contribution in [-0.4, -0.2) is 30.8 Å². The van der Waals surface area contributed by atoms with E-state index in [-0.39, 0.29) is 17.3 Å². The van der Waals surface area contributed by atoms with Gasteiger partial charge < -0.3 is 10.8 Å². The number of aromatic nitrogens is 4. The zero-order valence-corrected chi connectivity index (χ0v) is 7.53. The minimum absolute atomic E-state index is 0.0806. The molecule has 0 amide bonds. The molecule has 2 aromatic rings. The van der Waals surface area contributed by atoms with Gasteiger partial charge in [0.1, 0.15) is 11.4 Å². The summed E-state index contributed by atoms with van der Waals surface area (Å²) in [5, 5.41) is 12.6. The Balaban J connectivity index is 2.47. The summed E-state index contributed by atoms with van der Waals surface area (Å²) in [6.07, 6.45) is 4.35. The van der Waals surface area contributed by atoms with Gasteiger partial charge in [0.15, 0.2) is 0 Å². The fourth-order valence-corrected chi connectivity index (χ4v) is 1.05. The van der Waals surface area contributed by atoms with Gasteiger partial charge in [0, 0.05) is 18.6 Å². The topological polar surface area (TPSA) is 107 Å². The molecule has 0 aromatic carbocycles. The van der Waals surface area contributed by atoms with E-state index in [0.717, 1.165) is 6.20 Å². The van der Waals surface area contributed by atoms with E-state index in [1.165, 1.54) is 4.68 Å². The van der Waals surface area contributed by atoms with Gasteiger partial charge in [0.25, 0.3) is 5.95 Å². The largest absolute Gasteiger partial charge is 0.477 e. The highest BCUT2D eigenvalue weighted by Crippen LogP contribution is 2.08. The standard InChI is InChI=1S/C8H7N5O2/c9-6-5(7(14)15)4-10-8(12-6)13-3-1-2-11-13/h1-4H,(H,14,15)(H2,9,10,12). The third kappa shape index (κ3) is 1.62. The lowest BCUT2D eigenvalue weighted by molar-refractivity contribution is 0.0697. The molecule has 7 heteroatoms. The van der Waals surface area contributed by atoms with E-state index in [0.29, 0.717) is 0 Å². The Kier molecular flexibility index (Phi) is 2.05. The Morgan fingerprint density at radius 2 is 2.33 bits per heavy atom. The summed E-state index contributed by atoms with van der Waals surface area (Å²) in [7, 11) is 0. The van der Waals surface area contributed by atoms with Gasteiger partial charge >= 0.3 is 5.97 Å². The van der Waals surface area contributed by atoms with Crippen LogP contribution in [0.3, 0.4) is 0 Å². The highest BCUT2D eigenvalue weighted by Gasteiger charge is 2.11. The van der Waals surface area contributed by atoms with Gasteiger partial charge in [-0.2, -0.15) is 10.1 Å². The average molecular weight is 205 g/mol. The van der Waals surface area contributed by atoms with Crippen LogP contribution in [0.1, 0.15) is 10.4 Å². The van der Waals surface area contributed by atoms with Crippen LogP contribution in [-0.2, 0) is 0 Å². The number of carbonyl (C=O) groups is 1. The van der Waals surface area contributed by atoms with Gasteiger partial charge in [-0.15, -0.1) is 0 Å². The Morgan fingerprint density at radius 1 is 1.53 bits per heavy atom. The van der Waals surface area contributed by atoms with Crippen molar-refractivity contribution in [3.8, 4) is 5.95 Å². The minimum atomic E-state index is -1.15. The molecule has 0 spiro atoms. The van der Waals surface area contributed by atoms with E-state index >= 15 is 0 Å². The van der Waals surface area contributed by atoms with Gasteiger partial charge in [-0.05, 0) is 6.07 Å². The number of aromatic carboxylic acids is 1. The van der Waals surface area contributed by atoms with Crippen LogP contribution in [0.4, 0.5) is 5.82 Å². The number of anilines is 1. The van der Waals surface area contributed by atoms with E-state index < -0.39 is 5.97 Å². The molecule has 0 fully saturated rings. The number of carboxylic acid groups (broad SMARTS) is 1. The Labute approximate surface area is 84.2 Å². The molecule has 0 saturated carbocycles. The third-order valence-electron chi connectivity index (χ3n) is 1.75. The molecule has 2 rings (SSSR count). The van der Waals surface area contributed by atoms with Crippen LogP contribution < -0.4 is 5.73 Å². The van der Waals surface area contributed by atoms with Crippen molar-refractivity contribution in [2.45, 2.75) is 0 Å². The van der Waals surface area contributed by atoms with Crippen molar-refractivity contribution < 1.29 is 9.90 Å². The molecule has 2 aromatic heterocycles. The molecule has 76 valence electrons. The van der Waals surface area contributed by atoms with Gasteiger partial charge in [0.2, 0.25) is 0 Å². The number of nitrogens with two attached hydrogens (primary N) is 1. The molecular weight excluding hydrogens is 198 g/mol. The first-order valence-electron chi connectivity index (χ1n) is 4.04. The van der Waals surface area contributed by atoms with Gasteiger partial charge in [0.05, 0.1) is 0 Å². The van der Waals surface area contributed by atoms with Crippen molar-refractivity contribution in [2.75, 3.05) is 5.73 Å². The van der Waals surface area contributed by atoms with Crippen LogP contribution in [0.15, 0.2) is 24.7 Å². The van der Waals surface area contributed by atoms with Crippen molar-refractivity contribution in [1.29, 1.82) is 0 Å². The SMILES string of the molecule is Nc1nc(-n2cccn2)ncc1C(=O)O. The van der Waals surface area contributed by atoms with E-state index in [1.54, 1.807) is 18.5 Å². The third-order valence-corrected chi connectivity index (χ3v) is 1.75. The Morgan fingerprint density at radius 3 is 2.87 bits per heavy atom. The zero-order chi connectivity index (χ0) is 10.8. The number of nitrogen functional groups attached to an aromatic ring is 1. The van der Waals surface area contributed by atoms with Crippen LogP contribution in [0.5, 0.6) is 0 Å². The smallest absolute Gasteiger partial charge is 0.341 e. The minimum Gasteiger partial charge on any atom is -0.477 e. The summed E-state index contributed by atoms with van der Waals surface area (Å²) in [5.74, 6) is -0.995. The zero-order valence-electron chi connectivity index (χ0n) is 7.53. The first kappa shape index (κ1) is 9.13. The fourth-order valence-electron chi connectivity index (χ4n) is 1.05. The maximum absolute atomic E-state index is 10.6. The highest BCUT2D eigenvalue weighted by molar-refractivity contribution is 5.92. The molecule has 0 aliphatic rings. The van der Waals surface area contributed by atoms with Crippen molar-refractivity contribution in [2.24, 2.45) is 0 Å². The van der Waals surface area contributed by atoms with Crippen LogP contribution in [0.2, 0.25) is 0 Å². The number of hydrogen-bond acceptors (Lipinski definition) is 5. The molecule has 0 unspecified atom stereocenters. The lowest BCUT2D eigenvalue weighted by atomic mass is 10.3. The average Bonchev–Trinajstić information content (AvgIpc) is 2.69. The van der Waals surface area contributed by atoms with E-state index in [1.807, 2.05) is 0 Å². The second-order valence-corrected chi connectivity index (χ2v) is 2.72. The van der Waals surface area contributed by atoms with E-state index in [2.05, 4.69) is 15.1 Å². The van der Waals surface area contributed by atoms with Crippen LogP contribution >= 0.6 is 0 Å². The van der Waals surface area contributed by atoms with Crippen molar-refractivity contribution in [3.63, 3.8) is 0 Å². The normalized spacial score (nSPS) is 10.1. The summed E-state index contributed by atoms with van der Waals surface area (Å²) in [5.41, 5.74) is 5.34. The molecule has 0 aliphatic carbocycles. The molecule has 0 atom stereocenters. The highest BCUT2D eigenvalue weighted by atomic mass is 16.4. The van der Waals surface area contributed by atoms with Crippen molar-refractivity contribution in [1.82, 2.24) is 19.7 Å². The second-order valence-electron chi connectivity index (χ2n) is 2.72. The molecule has 0 bridgehead atoms. The lowest BCUT2D eigenvalue weighted by Gasteiger charge is -2.02. The number of nitrogens with zero attached hydrogens (tertiary/aromatic N) is 4. The molecule has 15 heavy (non-hydrogen) atoms. The summed E-state index contributed by atoms with van der Waals surface area (Å²) in [4.78, 5) is 18.3. The summed E-state index contributed by atoms with van der Waals surface area (Å²) in [6, 6.07) is 1.70. The predicted octanol–water partition coefficient (Wildman–Crippen LogP) is -0.0573. The fraction of sp³-hybridized carbons (Fsp3) is 0. The summed E-state index contributed by atoms with van der Waals surface area (Å²) >= 11 is 0. The maximum Gasteiger partial charge on any atom is 0.341 e. The lowest BCUT2D eigenvalue weighted by Crippen LogP contribution is -2.10. The first-order valence-corrected chi connectivity index (χ1v) is 4.04. The maximum atomic E-state index is 10.6. The monoisotopic (exact) mass is 205 g/mol. The van der Waals surface area contributed by atoms with E-state index in [4.69, 9.17) is 10.8 Å². The molecule has 7 nitrogen and oxygen atoms in total. The van der Waals surface area contributed by atoms with Crippen molar-refractivity contribution in [3.05, 3.63) is 30.2 Å². The van der Waals surface area contributed by atoms with Gasteiger partial charge in [-0.25, -0.2) is 14.5 Å². The molecule has 0 saturated heterocycles. The molecule has 2 heterocycles. The van der Waals surface area contributed by atoms with E-state index in [9.17, 15) is 4.79 Å². The summed E-state index contributed by atoms with van der Waals surface area (Å²) in [6.45, 7) is 0. The predicted molar refractivity (Wildman–Crippen MR) is 50.5 cm³/mol. The van der Waals surface area contributed by atoms with Crippen LogP contribution in [0, 0.1) is 0 Å². The number of carboxylic acids is 1. The Hall–Kier alpha value is -2.44. The molecule has 0 radical (unpaired) electrons. The second kappa shape index (κ2) is 3.37. The number of hydrogen-bond donors (Lipinski definition) is 2. The molecule has 0 aliphatic heterocycles.